The molecule has 74 valence electrons. The van der Waals surface area contributed by atoms with Crippen LogP contribution >= 0.6 is 22.9 Å². The number of alkyl halides is 3. The molecule has 0 saturated heterocycles. The number of hydrogen-bond donors (Lipinski definition) is 1. The molecule has 13 heavy (non-hydrogen) atoms. The van der Waals surface area contributed by atoms with Gasteiger partial charge >= 0.3 is 6.18 Å². The van der Waals surface area contributed by atoms with Gasteiger partial charge in [0.1, 0.15) is 5.54 Å². The van der Waals surface area contributed by atoms with Crippen LogP contribution in [0.2, 0.25) is 4.34 Å². The standard InChI is InChI=1S/C7H7ClF3NS/c1-6(12,7(9,10)11)4-2-3-5(8)13-4/h2-3H,12H2,1H3. The predicted molar refractivity (Wildman–Crippen MR) is 46.9 cm³/mol. The van der Waals surface area contributed by atoms with Gasteiger partial charge in [0.05, 0.1) is 4.34 Å². The number of thiophene rings is 1. The number of rotatable bonds is 1. The maximum absolute atomic E-state index is 12.4. The third kappa shape index (κ3) is 1.98. The second-order valence-electron chi connectivity index (χ2n) is 2.80. The highest BCUT2D eigenvalue weighted by Gasteiger charge is 2.50. The van der Waals surface area contributed by atoms with Crippen LogP contribution in [0.25, 0.3) is 0 Å². The van der Waals surface area contributed by atoms with E-state index in [4.69, 9.17) is 17.3 Å². The zero-order valence-electron chi connectivity index (χ0n) is 6.65. The Kier molecular flexibility index (Phi) is 2.62. The number of hydrogen-bond acceptors (Lipinski definition) is 2. The third-order valence-electron chi connectivity index (χ3n) is 1.67. The summed E-state index contributed by atoms with van der Waals surface area (Å²) < 4.78 is 37.4. The van der Waals surface area contributed by atoms with Gasteiger partial charge in [-0.15, -0.1) is 11.3 Å². The average molecular weight is 230 g/mol. The van der Waals surface area contributed by atoms with E-state index in [0.29, 0.717) is 4.34 Å². The van der Waals surface area contributed by atoms with Crippen LogP contribution in [0.4, 0.5) is 13.2 Å². The minimum Gasteiger partial charge on any atom is -0.313 e. The highest BCUT2D eigenvalue weighted by molar-refractivity contribution is 7.16. The lowest BCUT2D eigenvalue weighted by atomic mass is 10.0. The van der Waals surface area contributed by atoms with Crippen molar-refractivity contribution < 1.29 is 13.2 Å². The molecule has 1 aromatic heterocycles. The smallest absolute Gasteiger partial charge is 0.313 e. The fourth-order valence-electron chi connectivity index (χ4n) is 0.733. The first-order valence-corrected chi connectivity index (χ1v) is 4.56. The second-order valence-corrected chi connectivity index (χ2v) is 4.52. The largest absolute Gasteiger partial charge is 0.411 e. The van der Waals surface area contributed by atoms with Gasteiger partial charge in [0.2, 0.25) is 0 Å². The maximum Gasteiger partial charge on any atom is 0.411 e. The lowest BCUT2D eigenvalue weighted by Gasteiger charge is -2.26. The van der Waals surface area contributed by atoms with Crippen molar-refractivity contribution in [3.05, 3.63) is 21.3 Å². The van der Waals surface area contributed by atoms with Crippen LogP contribution in [0, 0.1) is 0 Å². The van der Waals surface area contributed by atoms with Crippen molar-refractivity contribution in [2.75, 3.05) is 0 Å². The van der Waals surface area contributed by atoms with Crippen LogP contribution in [-0.2, 0) is 5.54 Å². The zero-order chi connectivity index (χ0) is 10.3. The molecule has 0 aromatic carbocycles. The van der Waals surface area contributed by atoms with Crippen LogP contribution in [0.5, 0.6) is 0 Å². The molecule has 0 aliphatic heterocycles. The molecule has 0 bridgehead atoms. The van der Waals surface area contributed by atoms with Crippen LogP contribution in [-0.4, -0.2) is 6.18 Å². The summed E-state index contributed by atoms with van der Waals surface area (Å²) in [6, 6.07) is 2.69. The van der Waals surface area contributed by atoms with Gasteiger partial charge < -0.3 is 5.73 Å². The van der Waals surface area contributed by atoms with Crippen LogP contribution in [0.3, 0.4) is 0 Å². The van der Waals surface area contributed by atoms with E-state index in [-0.39, 0.29) is 4.88 Å². The highest BCUT2D eigenvalue weighted by Crippen LogP contribution is 2.40. The van der Waals surface area contributed by atoms with E-state index in [1.807, 2.05) is 0 Å². The normalized spacial score (nSPS) is 17.1. The monoisotopic (exact) mass is 229 g/mol. The van der Waals surface area contributed by atoms with Gasteiger partial charge in [-0.3, -0.25) is 0 Å². The van der Waals surface area contributed by atoms with Crippen molar-refractivity contribution in [3.63, 3.8) is 0 Å². The van der Waals surface area contributed by atoms with Crippen molar-refractivity contribution in [1.29, 1.82) is 0 Å². The topological polar surface area (TPSA) is 26.0 Å². The SMILES string of the molecule is CC(N)(c1ccc(Cl)s1)C(F)(F)F. The van der Waals surface area contributed by atoms with Gasteiger partial charge in [0.25, 0.3) is 0 Å². The Morgan fingerprint density at radius 2 is 1.92 bits per heavy atom. The second kappa shape index (κ2) is 3.15. The molecule has 1 heterocycles. The van der Waals surface area contributed by atoms with E-state index >= 15 is 0 Å². The molecule has 0 amide bonds. The summed E-state index contributed by atoms with van der Waals surface area (Å²) in [7, 11) is 0. The summed E-state index contributed by atoms with van der Waals surface area (Å²) in [4.78, 5) is 0.0185. The maximum atomic E-state index is 12.4. The molecule has 0 aliphatic carbocycles. The summed E-state index contributed by atoms with van der Waals surface area (Å²) in [5, 5.41) is 0. The molecule has 6 heteroatoms. The average Bonchev–Trinajstić information content (AvgIpc) is 2.33. The quantitative estimate of drug-likeness (QED) is 0.787. The van der Waals surface area contributed by atoms with Crippen LogP contribution in [0.15, 0.2) is 12.1 Å². The fraction of sp³-hybridized carbons (Fsp3) is 0.429. The summed E-state index contributed by atoms with van der Waals surface area (Å²) >= 11 is 6.35. The molecule has 0 aliphatic rings. The Morgan fingerprint density at radius 1 is 1.38 bits per heavy atom. The first-order chi connectivity index (χ1) is 5.75. The Morgan fingerprint density at radius 3 is 2.23 bits per heavy atom. The molecule has 0 fully saturated rings. The molecule has 1 nitrogen and oxygen atoms in total. The molecule has 1 unspecified atom stereocenters. The minimum atomic E-state index is -4.46. The van der Waals surface area contributed by atoms with Gasteiger partial charge in [-0.2, -0.15) is 13.2 Å². The molecule has 0 radical (unpaired) electrons. The van der Waals surface area contributed by atoms with Gasteiger partial charge in [-0.25, -0.2) is 0 Å². The van der Waals surface area contributed by atoms with E-state index in [9.17, 15) is 13.2 Å². The predicted octanol–water partition coefficient (Wildman–Crippen LogP) is 3.14. The summed E-state index contributed by atoms with van der Waals surface area (Å²) in [6.45, 7) is 0.926. The van der Waals surface area contributed by atoms with Gasteiger partial charge in [-0.1, -0.05) is 11.6 Å². The van der Waals surface area contributed by atoms with E-state index in [1.54, 1.807) is 0 Å². The highest BCUT2D eigenvalue weighted by atomic mass is 35.5. The fourth-order valence-corrected chi connectivity index (χ4v) is 1.86. The Labute approximate surface area is 82.3 Å². The summed E-state index contributed by atoms with van der Waals surface area (Å²) in [5.41, 5.74) is 2.84. The molecule has 1 aromatic rings. The summed E-state index contributed by atoms with van der Waals surface area (Å²) in [5.74, 6) is 0. The Balaban J connectivity index is 3.07. The summed E-state index contributed by atoms with van der Waals surface area (Å²) in [6.07, 6.45) is -4.46. The zero-order valence-corrected chi connectivity index (χ0v) is 8.22. The van der Waals surface area contributed by atoms with E-state index in [2.05, 4.69) is 0 Å². The molecular weight excluding hydrogens is 223 g/mol. The number of halogens is 4. The molecular formula is C7H7ClF3NS. The Bertz CT molecular complexity index is 305. The van der Waals surface area contributed by atoms with Crippen molar-refractivity contribution >= 4 is 22.9 Å². The lowest BCUT2D eigenvalue weighted by molar-refractivity contribution is -0.183. The van der Waals surface area contributed by atoms with Crippen molar-refractivity contribution in [1.82, 2.24) is 0 Å². The molecule has 0 spiro atoms. The first-order valence-electron chi connectivity index (χ1n) is 3.36. The van der Waals surface area contributed by atoms with Crippen molar-refractivity contribution in [2.45, 2.75) is 18.6 Å². The number of nitrogens with two attached hydrogens (primary N) is 1. The van der Waals surface area contributed by atoms with Crippen molar-refractivity contribution in [2.24, 2.45) is 5.73 Å². The van der Waals surface area contributed by atoms with E-state index in [0.717, 1.165) is 18.3 Å². The lowest BCUT2D eigenvalue weighted by Crippen LogP contribution is -2.46. The first kappa shape index (κ1) is 10.8. The minimum absolute atomic E-state index is 0.0185. The molecule has 0 saturated carbocycles. The van der Waals surface area contributed by atoms with Gasteiger partial charge in [0.15, 0.2) is 0 Å². The molecule has 1 atom stereocenters. The van der Waals surface area contributed by atoms with Crippen LogP contribution in [0.1, 0.15) is 11.8 Å². The van der Waals surface area contributed by atoms with Crippen molar-refractivity contribution in [3.8, 4) is 0 Å². The van der Waals surface area contributed by atoms with Gasteiger partial charge in [-0.05, 0) is 19.1 Å². The third-order valence-corrected chi connectivity index (χ3v) is 3.14. The van der Waals surface area contributed by atoms with Gasteiger partial charge in [0, 0.05) is 4.88 Å². The van der Waals surface area contributed by atoms with E-state index < -0.39 is 11.7 Å². The molecule has 1 rings (SSSR count). The van der Waals surface area contributed by atoms with Crippen LogP contribution < -0.4 is 5.73 Å². The Hall–Kier alpha value is -0.260. The molecule has 2 N–H and O–H groups in total. The van der Waals surface area contributed by atoms with E-state index in [1.165, 1.54) is 12.1 Å².